The summed E-state index contributed by atoms with van der Waals surface area (Å²) in [6, 6.07) is 2.18. The third-order valence-corrected chi connectivity index (χ3v) is 2.05. The molecule has 0 spiro atoms. The van der Waals surface area contributed by atoms with Gasteiger partial charge in [0.15, 0.2) is 11.5 Å². The van der Waals surface area contributed by atoms with Gasteiger partial charge < -0.3 is 20.7 Å². The molecular weight excluding hydrogens is 255 g/mol. The number of ether oxygens (including phenoxy) is 1. The summed E-state index contributed by atoms with van der Waals surface area (Å²) in [5.74, 6) is -2.87. The van der Waals surface area contributed by atoms with Gasteiger partial charge in [0, 0.05) is 11.6 Å². The predicted octanol–water partition coefficient (Wildman–Crippen LogP) is 1.77. The van der Waals surface area contributed by atoms with E-state index in [-0.39, 0.29) is 5.56 Å². The van der Waals surface area contributed by atoms with Gasteiger partial charge in [0.2, 0.25) is 0 Å². The van der Waals surface area contributed by atoms with E-state index in [4.69, 9.17) is 10.8 Å². The van der Waals surface area contributed by atoms with Crippen LogP contribution in [-0.4, -0.2) is 22.5 Å². The number of nitrogens with two attached hydrogens (primary N) is 1. The Morgan fingerprint density at radius 2 is 2.06 bits per heavy atom. The first-order valence-corrected chi connectivity index (χ1v) is 4.75. The summed E-state index contributed by atoms with van der Waals surface area (Å²) < 4.78 is 39.6. The maximum absolute atomic E-state index is 12.0. The van der Waals surface area contributed by atoms with Crippen LogP contribution in [0.5, 0.6) is 11.5 Å². The third-order valence-electron chi connectivity index (χ3n) is 2.05. The number of carbonyl (C=O) groups is 1. The van der Waals surface area contributed by atoms with Crippen LogP contribution in [0.1, 0.15) is 18.0 Å². The Balaban J connectivity index is 3.01. The Kier molecular flexibility index (Phi) is 4.02. The van der Waals surface area contributed by atoms with E-state index in [1.807, 2.05) is 0 Å². The summed E-state index contributed by atoms with van der Waals surface area (Å²) in [5, 5.41) is 18.1. The first-order chi connectivity index (χ1) is 8.20. The van der Waals surface area contributed by atoms with Gasteiger partial charge in [-0.1, -0.05) is 12.1 Å². The van der Waals surface area contributed by atoms with Gasteiger partial charge in [-0.15, -0.1) is 13.2 Å². The monoisotopic (exact) mass is 265 g/mol. The molecule has 0 aliphatic rings. The van der Waals surface area contributed by atoms with Crippen LogP contribution in [-0.2, 0) is 4.79 Å². The fourth-order valence-electron chi connectivity index (χ4n) is 1.34. The molecule has 4 N–H and O–H groups in total. The highest BCUT2D eigenvalue weighted by Crippen LogP contribution is 2.36. The first kappa shape index (κ1) is 14.1. The standard InChI is InChI=1S/C10H10F3NO4/c11-10(12,13)18-7-3-1-2-5(9(7)17)6(14)4-8(15)16/h1-3,6,17H,4,14H2,(H,15,16). The predicted molar refractivity (Wildman–Crippen MR) is 54.0 cm³/mol. The number of aliphatic carboxylic acids is 1. The Labute approximate surface area is 99.6 Å². The van der Waals surface area contributed by atoms with Gasteiger partial charge in [0.05, 0.1) is 6.42 Å². The summed E-state index contributed by atoms with van der Waals surface area (Å²) in [6.45, 7) is 0. The minimum atomic E-state index is -4.95. The highest BCUT2D eigenvalue weighted by molar-refractivity contribution is 5.68. The van der Waals surface area contributed by atoms with Crippen molar-refractivity contribution in [2.45, 2.75) is 18.8 Å². The van der Waals surface area contributed by atoms with E-state index >= 15 is 0 Å². The molecule has 1 rings (SSSR count). The molecule has 5 nitrogen and oxygen atoms in total. The second-order valence-electron chi connectivity index (χ2n) is 3.45. The minimum Gasteiger partial charge on any atom is -0.504 e. The molecule has 1 aromatic rings. The summed E-state index contributed by atoms with van der Waals surface area (Å²) in [6.07, 6.45) is -5.48. The van der Waals surface area contributed by atoms with E-state index < -0.39 is 36.3 Å². The fraction of sp³-hybridized carbons (Fsp3) is 0.300. The molecule has 0 heterocycles. The molecule has 1 atom stereocenters. The van der Waals surface area contributed by atoms with Crippen LogP contribution in [0, 0.1) is 0 Å². The topological polar surface area (TPSA) is 92.8 Å². The van der Waals surface area contributed by atoms with Crippen LogP contribution in [0.4, 0.5) is 13.2 Å². The van der Waals surface area contributed by atoms with E-state index in [9.17, 15) is 23.1 Å². The van der Waals surface area contributed by atoms with Crippen molar-refractivity contribution in [3.8, 4) is 11.5 Å². The number of aromatic hydroxyl groups is 1. The summed E-state index contributed by atoms with van der Waals surface area (Å²) in [4.78, 5) is 10.4. The number of hydrogen-bond donors (Lipinski definition) is 3. The average Bonchev–Trinajstić information content (AvgIpc) is 2.18. The zero-order chi connectivity index (χ0) is 13.9. The minimum absolute atomic E-state index is 0.126. The second kappa shape index (κ2) is 5.13. The maximum Gasteiger partial charge on any atom is 0.573 e. The first-order valence-electron chi connectivity index (χ1n) is 4.75. The van der Waals surface area contributed by atoms with E-state index in [0.717, 1.165) is 6.07 Å². The Morgan fingerprint density at radius 1 is 1.44 bits per heavy atom. The number of phenols is 1. The molecule has 0 radical (unpaired) electrons. The quantitative estimate of drug-likeness (QED) is 0.771. The maximum atomic E-state index is 12.0. The van der Waals surface area contributed by atoms with Crippen LogP contribution in [0.25, 0.3) is 0 Å². The lowest BCUT2D eigenvalue weighted by molar-refractivity contribution is -0.275. The van der Waals surface area contributed by atoms with Crippen molar-refractivity contribution in [2.24, 2.45) is 5.73 Å². The zero-order valence-corrected chi connectivity index (χ0v) is 8.94. The number of benzene rings is 1. The van der Waals surface area contributed by atoms with Crippen molar-refractivity contribution in [3.05, 3.63) is 23.8 Å². The normalized spacial score (nSPS) is 13.1. The average molecular weight is 265 g/mol. The van der Waals surface area contributed by atoms with E-state index in [0.29, 0.717) is 0 Å². The van der Waals surface area contributed by atoms with Crippen molar-refractivity contribution in [1.82, 2.24) is 0 Å². The number of alkyl halides is 3. The Bertz CT molecular complexity index is 447. The smallest absolute Gasteiger partial charge is 0.504 e. The molecule has 18 heavy (non-hydrogen) atoms. The number of carboxylic acids is 1. The van der Waals surface area contributed by atoms with E-state index in [2.05, 4.69) is 4.74 Å². The van der Waals surface area contributed by atoms with Gasteiger partial charge >= 0.3 is 12.3 Å². The summed E-state index contributed by atoms with van der Waals surface area (Å²) in [5.41, 5.74) is 5.33. The number of phenolic OH excluding ortho intramolecular Hbond substituents is 1. The zero-order valence-electron chi connectivity index (χ0n) is 8.94. The summed E-state index contributed by atoms with van der Waals surface area (Å²) >= 11 is 0. The lowest BCUT2D eigenvalue weighted by atomic mass is 10.0. The molecule has 100 valence electrons. The molecule has 0 aliphatic heterocycles. The van der Waals surface area contributed by atoms with E-state index in [1.165, 1.54) is 12.1 Å². The second-order valence-corrected chi connectivity index (χ2v) is 3.45. The van der Waals surface area contributed by atoms with Crippen LogP contribution in [0.3, 0.4) is 0 Å². The van der Waals surface area contributed by atoms with Crippen LogP contribution in [0.15, 0.2) is 18.2 Å². The van der Waals surface area contributed by atoms with Crippen LogP contribution < -0.4 is 10.5 Å². The van der Waals surface area contributed by atoms with Gasteiger partial charge in [-0.2, -0.15) is 0 Å². The molecule has 0 amide bonds. The van der Waals surface area contributed by atoms with Gasteiger partial charge in [0.25, 0.3) is 0 Å². The Hall–Kier alpha value is -1.96. The molecule has 0 bridgehead atoms. The SMILES string of the molecule is NC(CC(=O)O)c1cccc(OC(F)(F)F)c1O. The Morgan fingerprint density at radius 3 is 2.56 bits per heavy atom. The van der Waals surface area contributed by atoms with Gasteiger partial charge in [-0.3, -0.25) is 4.79 Å². The van der Waals surface area contributed by atoms with Gasteiger partial charge in [-0.25, -0.2) is 0 Å². The van der Waals surface area contributed by atoms with Crippen molar-refractivity contribution >= 4 is 5.97 Å². The molecule has 0 aliphatic carbocycles. The lowest BCUT2D eigenvalue weighted by Gasteiger charge is -2.15. The molecule has 1 aromatic carbocycles. The largest absolute Gasteiger partial charge is 0.573 e. The molecule has 1 unspecified atom stereocenters. The van der Waals surface area contributed by atoms with Crippen molar-refractivity contribution in [3.63, 3.8) is 0 Å². The van der Waals surface area contributed by atoms with Gasteiger partial charge in [0.1, 0.15) is 0 Å². The number of hydrogen-bond acceptors (Lipinski definition) is 4. The third kappa shape index (κ3) is 3.81. The lowest BCUT2D eigenvalue weighted by Crippen LogP contribution is -2.19. The van der Waals surface area contributed by atoms with E-state index in [1.54, 1.807) is 0 Å². The number of halogens is 3. The highest BCUT2D eigenvalue weighted by Gasteiger charge is 2.33. The number of carboxylic acid groups (broad SMARTS) is 1. The van der Waals surface area contributed by atoms with Crippen molar-refractivity contribution in [2.75, 3.05) is 0 Å². The molecular formula is C10H10F3NO4. The van der Waals surface area contributed by atoms with Gasteiger partial charge in [-0.05, 0) is 6.07 Å². The molecule has 0 saturated carbocycles. The highest BCUT2D eigenvalue weighted by atomic mass is 19.4. The molecule has 0 aromatic heterocycles. The summed E-state index contributed by atoms with van der Waals surface area (Å²) in [7, 11) is 0. The molecule has 0 fully saturated rings. The number of rotatable bonds is 4. The van der Waals surface area contributed by atoms with Crippen molar-refractivity contribution < 1.29 is 32.9 Å². The molecule has 8 heteroatoms. The molecule has 0 saturated heterocycles. The van der Waals surface area contributed by atoms with Crippen LogP contribution in [0.2, 0.25) is 0 Å². The van der Waals surface area contributed by atoms with Crippen molar-refractivity contribution in [1.29, 1.82) is 0 Å². The number of para-hydroxylation sites is 1. The fourth-order valence-corrected chi connectivity index (χ4v) is 1.34. The van der Waals surface area contributed by atoms with Crippen LogP contribution >= 0.6 is 0 Å².